The van der Waals surface area contributed by atoms with Gasteiger partial charge in [0.1, 0.15) is 30.5 Å². The van der Waals surface area contributed by atoms with Crippen molar-refractivity contribution in [1.29, 1.82) is 0 Å². The lowest BCUT2D eigenvalue weighted by atomic mass is 10.1. The number of hydrogen-bond acceptors (Lipinski definition) is 8. The summed E-state index contributed by atoms with van der Waals surface area (Å²) in [7, 11) is 1.60. The maximum atomic E-state index is 10.1. The number of nitrogens with two attached hydrogens (primary N) is 1. The first-order valence-electron chi connectivity index (χ1n) is 6.63. The summed E-state index contributed by atoms with van der Waals surface area (Å²) in [6.45, 7) is 1.88. The molecule has 0 aromatic carbocycles. The Morgan fingerprint density at radius 1 is 1.55 bits per heavy atom. The minimum Gasteiger partial charge on any atom is -0.390 e. The van der Waals surface area contributed by atoms with Crippen LogP contribution in [0, 0.1) is 0 Å². The van der Waals surface area contributed by atoms with Gasteiger partial charge in [-0.25, -0.2) is 9.98 Å². The average molecular weight is 281 g/mol. The molecule has 0 aromatic heterocycles. The predicted octanol–water partition coefficient (Wildman–Crippen LogP) is -1.07. The van der Waals surface area contributed by atoms with Crippen LogP contribution in [0.15, 0.2) is 15.0 Å². The third kappa shape index (κ3) is 2.09. The van der Waals surface area contributed by atoms with Crippen LogP contribution in [0.1, 0.15) is 13.3 Å². The number of amidine groups is 1. The molecule has 3 aliphatic rings. The minimum absolute atomic E-state index is 0.174. The molecule has 0 aromatic rings. The summed E-state index contributed by atoms with van der Waals surface area (Å²) in [5.41, 5.74) is 5.81. The molecule has 20 heavy (non-hydrogen) atoms. The first kappa shape index (κ1) is 13.5. The normalized spacial score (nSPS) is 40.9. The van der Waals surface area contributed by atoms with Gasteiger partial charge in [0.15, 0.2) is 6.17 Å². The van der Waals surface area contributed by atoms with Crippen molar-refractivity contribution >= 4 is 18.5 Å². The molecule has 6 atom stereocenters. The third-order valence-electron chi connectivity index (χ3n) is 3.98. The quantitative estimate of drug-likeness (QED) is 0.685. The van der Waals surface area contributed by atoms with Gasteiger partial charge in [0.2, 0.25) is 0 Å². The van der Waals surface area contributed by atoms with Crippen molar-refractivity contribution in [3.8, 4) is 0 Å². The zero-order chi connectivity index (χ0) is 14.3. The van der Waals surface area contributed by atoms with E-state index in [1.54, 1.807) is 13.4 Å². The van der Waals surface area contributed by atoms with Crippen LogP contribution in [0.3, 0.4) is 0 Å². The zero-order valence-electron chi connectivity index (χ0n) is 11.5. The van der Waals surface area contributed by atoms with Crippen LogP contribution in [-0.2, 0) is 9.47 Å². The van der Waals surface area contributed by atoms with Crippen LogP contribution in [-0.4, -0.2) is 72.4 Å². The molecule has 1 fully saturated rings. The van der Waals surface area contributed by atoms with E-state index < -0.39 is 6.10 Å². The Morgan fingerprint density at radius 3 is 3.10 bits per heavy atom. The standard InChI is InChI=1S/C12H19N5O3/c1-6(19-2)10-7(18)3-8(20-10)17-5-16-9-11(13)14-4-15-12(9)17/h4-10,12,18H,3H2,1-2H3,(H2,13,14,15)/t6?,7-,8+,9?,10+,12?/m0/s1. The fourth-order valence-electron chi connectivity index (χ4n) is 2.75. The molecule has 8 heteroatoms. The lowest BCUT2D eigenvalue weighted by molar-refractivity contribution is -0.0994. The molecule has 110 valence electrons. The molecule has 3 aliphatic heterocycles. The monoisotopic (exact) mass is 281 g/mol. The number of fused-ring (bicyclic) bond motifs is 1. The Morgan fingerprint density at radius 2 is 2.35 bits per heavy atom. The van der Waals surface area contributed by atoms with Crippen molar-refractivity contribution in [3.05, 3.63) is 0 Å². The zero-order valence-corrected chi connectivity index (χ0v) is 11.5. The first-order chi connectivity index (χ1) is 9.61. The van der Waals surface area contributed by atoms with Gasteiger partial charge < -0.3 is 25.2 Å². The van der Waals surface area contributed by atoms with E-state index in [0.717, 1.165) is 0 Å². The number of ether oxygens (including phenoxy) is 2. The van der Waals surface area contributed by atoms with Gasteiger partial charge in [0.05, 0.1) is 18.5 Å². The number of aliphatic hydroxyl groups excluding tert-OH is 1. The number of nitrogens with zero attached hydrogens (tertiary/aromatic N) is 4. The topological polar surface area (TPSA) is 105 Å². The number of rotatable bonds is 3. The SMILES string of the molecule is COC(C)[C@H]1O[C@@H](N2C=NC3C(N)=NC=NC32)C[C@@H]1O. The van der Waals surface area contributed by atoms with E-state index in [2.05, 4.69) is 15.0 Å². The molecule has 3 rings (SSSR count). The summed E-state index contributed by atoms with van der Waals surface area (Å²) in [6, 6.07) is -0.264. The summed E-state index contributed by atoms with van der Waals surface area (Å²) in [5.74, 6) is 0.448. The second kappa shape index (κ2) is 5.12. The van der Waals surface area contributed by atoms with Crippen molar-refractivity contribution in [2.45, 2.75) is 50.1 Å². The highest BCUT2D eigenvalue weighted by Gasteiger charge is 2.45. The van der Waals surface area contributed by atoms with Gasteiger partial charge in [-0.2, -0.15) is 0 Å². The van der Waals surface area contributed by atoms with E-state index in [4.69, 9.17) is 15.2 Å². The van der Waals surface area contributed by atoms with Crippen molar-refractivity contribution in [2.75, 3.05) is 7.11 Å². The van der Waals surface area contributed by atoms with E-state index in [1.165, 1.54) is 6.34 Å². The second-order valence-corrected chi connectivity index (χ2v) is 5.19. The molecule has 3 N–H and O–H groups in total. The predicted molar refractivity (Wildman–Crippen MR) is 73.8 cm³/mol. The van der Waals surface area contributed by atoms with E-state index in [9.17, 15) is 5.11 Å². The number of aliphatic imine (C=N–C) groups is 3. The molecule has 0 radical (unpaired) electrons. The molecule has 0 amide bonds. The van der Waals surface area contributed by atoms with E-state index >= 15 is 0 Å². The number of aliphatic hydroxyl groups is 1. The van der Waals surface area contributed by atoms with Gasteiger partial charge in [-0.15, -0.1) is 0 Å². The summed E-state index contributed by atoms with van der Waals surface area (Å²) in [4.78, 5) is 14.5. The lowest BCUT2D eigenvalue weighted by Crippen LogP contribution is -2.47. The Labute approximate surface area is 117 Å². The number of hydrogen-bond donors (Lipinski definition) is 2. The molecular weight excluding hydrogens is 262 g/mol. The number of methoxy groups -OCH3 is 1. The van der Waals surface area contributed by atoms with Crippen LogP contribution in [0.5, 0.6) is 0 Å². The van der Waals surface area contributed by atoms with Gasteiger partial charge in [0, 0.05) is 13.5 Å². The maximum Gasteiger partial charge on any atom is 0.155 e. The molecule has 1 saturated heterocycles. The van der Waals surface area contributed by atoms with Crippen LogP contribution < -0.4 is 5.73 Å². The van der Waals surface area contributed by atoms with Gasteiger partial charge in [-0.05, 0) is 6.92 Å². The molecule has 3 heterocycles. The third-order valence-corrected chi connectivity index (χ3v) is 3.98. The first-order valence-corrected chi connectivity index (χ1v) is 6.63. The Bertz CT molecular complexity index is 466. The smallest absolute Gasteiger partial charge is 0.155 e. The van der Waals surface area contributed by atoms with E-state index in [1.807, 2.05) is 11.8 Å². The highest BCUT2D eigenvalue weighted by Crippen LogP contribution is 2.30. The van der Waals surface area contributed by atoms with Gasteiger partial charge >= 0.3 is 0 Å². The van der Waals surface area contributed by atoms with Crippen molar-refractivity contribution in [3.63, 3.8) is 0 Å². The molecule has 3 unspecified atom stereocenters. The van der Waals surface area contributed by atoms with Gasteiger partial charge in [-0.3, -0.25) is 4.99 Å². The summed E-state index contributed by atoms with van der Waals surface area (Å²) >= 11 is 0. The molecular formula is C12H19N5O3. The fourth-order valence-corrected chi connectivity index (χ4v) is 2.75. The molecule has 0 spiro atoms. The Balaban J connectivity index is 1.71. The molecule has 8 nitrogen and oxygen atoms in total. The van der Waals surface area contributed by atoms with Crippen molar-refractivity contribution in [2.24, 2.45) is 20.7 Å². The van der Waals surface area contributed by atoms with E-state index in [-0.39, 0.29) is 30.6 Å². The van der Waals surface area contributed by atoms with Gasteiger partial charge in [-0.1, -0.05) is 0 Å². The Hall–Kier alpha value is -1.51. The molecule has 0 aliphatic carbocycles. The van der Waals surface area contributed by atoms with Crippen LogP contribution in [0.2, 0.25) is 0 Å². The largest absolute Gasteiger partial charge is 0.390 e. The molecule has 0 bridgehead atoms. The van der Waals surface area contributed by atoms with Gasteiger partial charge in [0.25, 0.3) is 0 Å². The highest BCUT2D eigenvalue weighted by atomic mass is 16.6. The lowest BCUT2D eigenvalue weighted by Gasteiger charge is -2.30. The average Bonchev–Trinajstić information content (AvgIpc) is 3.02. The Kier molecular flexibility index (Phi) is 3.45. The van der Waals surface area contributed by atoms with Crippen LogP contribution >= 0.6 is 0 Å². The maximum absolute atomic E-state index is 10.1. The van der Waals surface area contributed by atoms with Crippen LogP contribution in [0.4, 0.5) is 0 Å². The minimum atomic E-state index is -0.569. The van der Waals surface area contributed by atoms with E-state index in [0.29, 0.717) is 12.3 Å². The summed E-state index contributed by atoms with van der Waals surface area (Å²) < 4.78 is 11.1. The second-order valence-electron chi connectivity index (χ2n) is 5.19. The fraction of sp³-hybridized carbons (Fsp3) is 0.750. The summed E-state index contributed by atoms with van der Waals surface area (Å²) in [6.07, 6.45) is 2.00. The summed E-state index contributed by atoms with van der Waals surface area (Å²) in [5, 5.41) is 10.1. The molecule has 0 saturated carbocycles. The van der Waals surface area contributed by atoms with Crippen molar-refractivity contribution < 1.29 is 14.6 Å². The van der Waals surface area contributed by atoms with Crippen molar-refractivity contribution in [1.82, 2.24) is 4.90 Å². The highest BCUT2D eigenvalue weighted by molar-refractivity contribution is 5.96. The van der Waals surface area contributed by atoms with Crippen LogP contribution in [0.25, 0.3) is 0 Å².